The Morgan fingerprint density at radius 2 is 2.00 bits per heavy atom. The number of anilines is 1. The number of rotatable bonds is 4. The number of fused-ring (bicyclic) bond motifs is 1. The van der Waals surface area contributed by atoms with Gasteiger partial charge >= 0.3 is 0 Å². The van der Waals surface area contributed by atoms with E-state index in [0.29, 0.717) is 5.95 Å². The summed E-state index contributed by atoms with van der Waals surface area (Å²) in [6.07, 6.45) is 2.74. The Kier molecular flexibility index (Phi) is 3.37. The molecule has 0 amide bonds. The predicted octanol–water partition coefficient (Wildman–Crippen LogP) is 2.23. The van der Waals surface area contributed by atoms with Crippen LogP contribution in [0.1, 0.15) is 23.4 Å². The lowest BCUT2D eigenvalue weighted by atomic mass is 10.3. The Morgan fingerprint density at radius 3 is 2.71 bits per heavy atom. The summed E-state index contributed by atoms with van der Waals surface area (Å²) in [6, 6.07) is 4.04. The number of aromatic nitrogens is 5. The van der Waals surface area contributed by atoms with Crippen LogP contribution in [0.3, 0.4) is 0 Å². The second-order valence-electron chi connectivity index (χ2n) is 5.43. The van der Waals surface area contributed by atoms with Gasteiger partial charge in [-0.05, 0) is 44.9 Å². The maximum absolute atomic E-state index is 6.03. The smallest absolute Gasteiger partial charge is 0.202 e. The third-order valence-corrected chi connectivity index (χ3v) is 3.72. The summed E-state index contributed by atoms with van der Waals surface area (Å²) in [5.41, 5.74) is 11.1. The van der Waals surface area contributed by atoms with Gasteiger partial charge in [-0.1, -0.05) is 0 Å². The van der Waals surface area contributed by atoms with Crippen molar-refractivity contribution in [1.82, 2.24) is 24.3 Å². The van der Waals surface area contributed by atoms with Crippen LogP contribution >= 0.6 is 0 Å². The van der Waals surface area contributed by atoms with Crippen molar-refractivity contribution in [3.05, 3.63) is 35.3 Å². The minimum atomic E-state index is 0.528. The van der Waals surface area contributed by atoms with Crippen LogP contribution in [0.4, 0.5) is 5.95 Å². The number of nitrogens with zero attached hydrogens (tertiary/aromatic N) is 5. The van der Waals surface area contributed by atoms with Crippen LogP contribution in [0, 0.1) is 20.8 Å². The van der Waals surface area contributed by atoms with Gasteiger partial charge in [-0.2, -0.15) is 5.10 Å². The van der Waals surface area contributed by atoms with Gasteiger partial charge < -0.3 is 5.73 Å². The first-order valence-corrected chi connectivity index (χ1v) is 7.14. The highest BCUT2D eigenvalue weighted by Gasteiger charge is 2.11. The Labute approximate surface area is 123 Å². The number of hydrogen-bond donors (Lipinski definition) is 1. The molecular formula is C15H20N6. The number of hydrogen-bond acceptors (Lipinski definition) is 4. The van der Waals surface area contributed by atoms with Gasteiger partial charge in [0.05, 0.1) is 5.69 Å². The summed E-state index contributed by atoms with van der Waals surface area (Å²) in [6.45, 7) is 7.77. The third-order valence-electron chi connectivity index (χ3n) is 3.72. The molecule has 2 N–H and O–H groups in total. The van der Waals surface area contributed by atoms with E-state index in [1.54, 1.807) is 6.20 Å². The monoisotopic (exact) mass is 284 g/mol. The van der Waals surface area contributed by atoms with Gasteiger partial charge in [-0.3, -0.25) is 9.25 Å². The SMILES string of the molecule is Cc1cc(C)n(CCCn2c(N)nc3c(C)ccnc32)n1. The van der Waals surface area contributed by atoms with Crippen LogP contribution in [0.2, 0.25) is 0 Å². The van der Waals surface area contributed by atoms with E-state index in [2.05, 4.69) is 28.1 Å². The first-order chi connectivity index (χ1) is 10.1. The van der Waals surface area contributed by atoms with E-state index in [1.807, 2.05) is 29.2 Å². The summed E-state index contributed by atoms with van der Waals surface area (Å²) in [5.74, 6) is 0.528. The highest BCUT2D eigenvalue weighted by Crippen LogP contribution is 2.19. The Morgan fingerprint density at radius 1 is 1.19 bits per heavy atom. The van der Waals surface area contributed by atoms with Gasteiger partial charge in [-0.15, -0.1) is 0 Å². The quantitative estimate of drug-likeness (QED) is 0.797. The summed E-state index contributed by atoms with van der Waals surface area (Å²) in [4.78, 5) is 8.82. The largest absolute Gasteiger partial charge is 0.369 e. The molecule has 0 aliphatic heterocycles. The van der Waals surface area contributed by atoms with Gasteiger partial charge in [0.25, 0.3) is 0 Å². The summed E-state index contributed by atoms with van der Waals surface area (Å²) in [7, 11) is 0. The Balaban J connectivity index is 1.78. The first kappa shape index (κ1) is 13.6. The highest BCUT2D eigenvalue weighted by molar-refractivity contribution is 5.77. The predicted molar refractivity (Wildman–Crippen MR) is 83.0 cm³/mol. The fourth-order valence-corrected chi connectivity index (χ4v) is 2.66. The lowest BCUT2D eigenvalue weighted by Crippen LogP contribution is -2.09. The van der Waals surface area contributed by atoms with Crippen LogP contribution < -0.4 is 5.73 Å². The summed E-state index contributed by atoms with van der Waals surface area (Å²) >= 11 is 0. The molecule has 3 rings (SSSR count). The molecule has 0 spiro atoms. The number of imidazole rings is 1. The summed E-state index contributed by atoms with van der Waals surface area (Å²) < 4.78 is 4.01. The lowest BCUT2D eigenvalue weighted by Gasteiger charge is -2.07. The lowest BCUT2D eigenvalue weighted by molar-refractivity contribution is 0.522. The van der Waals surface area contributed by atoms with Crippen LogP contribution in [0.25, 0.3) is 11.2 Å². The van der Waals surface area contributed by atoms with Gasteiger partial charge in [0, 0.05) is 25.0 Å². The number of nitrogen functional groups attached to an aromatic ring is 1. The Bertz CT molecular complexity index is 783. The minimum Gasteiger partial charge on any atom is -0.369 e. The molecule has 3 heterocycles. The van der Waals surface area contributed by atoms with Crippen LogP contribution in [0.15, 0.2) is 18.3 Å². The van der Waals surface area contributed by atoms with E-state index in [9.17, 15) is 0 Å². The molecule has 3 aromatic rings. The van der Waals surface area contributed by atoms with Gasteiger partial charge in [0.2, 0.25) is 5.95 Å². The topological polar surface area (TPSA) is 74.5 Å². The van der Waals surface area contributed by atoms with E-state index in [0.717, 1.165) is 41.9 Å². The van der Waals surface area contributed by atoms with Gasteiger partial charge in [-0.25, -0.2) is 9.97 Å². The van der Waals surface area contributed by atoms with Crippen molar-refractivity contribution in [2.24, 2.45) is 0 Å². The Hall–Kier alpha value is -2.37. The second kappa shape index (κ2) is 5.20. The zero-order chi connectivity index (χ0) is 15.0. The molecule has 0 fully saturated rings. The number of aryl methyl sites for hydroxylation is 5. The molecule has 0 aliphatic rings. The third kappa shape index (κ3) is 2.49. The van der Waals surface area contributed by atoms with E-state index in [-0.39, 0.29) is 0 Å². The molecule has 0 aromatic carbocycles. The fourth-order valence-electron chi connectivity index (χ4n) is 2.66. The molecule has 0 atom stereocenters. The van der Waals surface area contributed by atoms with Crippen molar-refractivity contribution >= 4 is 17.1 Å². The van der Waals surface area contributed by atoms with Crippen molar-refractivity contribution in [3.63, 3.8) is 0 Å². The van der Waals surface area contributed by atoms with E-state index in [4.69, 9.17) is 5.73 Å². The highest BCUT2D eigenvalue weighted by atomic mass is 15.3. The molecule has 0 unspecified atom stereocenters. The number of nitrogens with two attached hydrogens (primary N) is 1. The normalized spacial score (nSPS) is 11.4. The molecule has 0 aliphatic carbocycles. The average Bonchev–Trinajstić information content (AvgIpc) is 2.92. The van der Waals surface area contributed by atoms with Crippen molar-refractivity contribution in [2.75, 3.05) is 5.73 Å². The minimum absolute atomic E-state index is 0.528. The van der Waals surface area contributed by atoms with E-state index in [1.165, 1.54) is 5.69 Å². The molecule has 6 heteroatoms. The number of pyridine rings is 1. The standard InChI is InChI=1S/C15H20N6/c1-10-5-6-17-14-13(10)18-15(16)20(14)7-4-8-21-12(3)9-11(2)19-21/h5-6,9H,4,7-8H2,1-3H3,(H2,16,18). The maximum atomic E-state index is 6.03. The molecule has 21 heavy (non-hydrogen) atoms. The van der Waals surface area contributed by atoms with Crippen molar-refractivity contribution in [1.29, 1.82) is 0 Å². The van der Waals surface area contributed by atoms with Crippen molar-refractivity contribution in [3.8, 4) is 0 Å². The van der Waals surface area contributed by atoms with Crippen molar-refractivity contribution < 1.29 is 0 Å². The molecule has 0 bridgehead atoms. The summed E-state index contributed by atoms with van der Waals surface area (Å²) in [5, 5.41) is 4.47. The molecule has 0 radical (unpaired) electrons. The van der Waals surface area contributed by atoms with Crippen LogP contribution in [-0.2, 0) is 13.1 Å². The maximum Gasteiger partial charge on any atom is 0.202 e. The van der Waals surface area contributed by atoms with Crippen LogP contribution in [-0.4, -0.2) is 24.3 Å². The zero-order valence-corrected chi connectivity index (χ0v) is 12.7. The van der Waals surface area contributed by atoms with Crippen molar-refractivity contribution in [2.45, 2.75) is 40.3 Å². The van der Waals surface area contributed by atoms with Gasteiger partial charge in [0.15, 0.2) is 5.65 Å². The molecule has 6 nitrogen and oxygen atoms in total. The molecule has 3 aromatic heterocycles. The molecule has 110 valence electrons. The second-order valence-corrected chi connectivity index (χ2v) is 5.43. The fraction of sp³-hybridized carbons (Fsp3) is 0.400. The molecule has 0 saturated heterocycles. The van der Waals surface area contributed by atoms with E-state index < -0.39 is 0 Å². The molecular weight excluding hydrogens is 264 g/mol. The average molecular weight is 284 g/mol. The van der Waals surface area contributed by atoms with Crippen LogP contribution in [0.5, 0.6) is 0 Å². The first-order valence-electron chi connectivity index (χ1n) is 7.14. The zero-order valence-electron chi connectivity index (χ0n) is 12.7. The van der Waals surface area contributed by atoms with E-state index >= 15 is 0 Å². The van der Waals surface area contributed by atoms with Gasteiger partial charge in [0.1, 0.15) is 5.52 Å². The molecule has 0 saturated carbocycles.